The Hall–Kier alpha value is -1.85. The molecule has 0 spiro atoms. The van der Waals surface area contributed by atoms with E-state index in [1.165, 1.54) is 6.33 Å². The summed E-state index contributed by atoms with van der Waals surface area (Å²) < 4.78 is 0. The summed E-state index contributed by atoms with van der Waals surface area (Å²) in [6, 6.07) is -0.890. The third-order valence-corrected chi connectivity index (χ3v) is 3.32. The van der Waals surface area contributed by atoms with Crippen LogP contribution in [-0.4, -0.2) is 33.0 Å². The van der Waals surface area contributed by atoms with Crippen molar-refractivity contribution >= 4 is 11.9 Å². The van der Waals surface area contributed by atoms with Crippen molar-refractivity contribution in [3.05, 3.63) is 18.2 Å². The first-order valence-electron chi connectivity index (χ1n) is 6.17. The Kier molecular flexibility index (Phi) is 3.96. The molecule has 1 aromatic heterocycles. The quantitative estimate of drug-likeness (QED) is 0.718. The summed E-state index contributed by atoms with van der Waals surface area (Å²) in [5.41, 5.74) is 0.703. The van der Waals surface area contributed by atoms with Crippen LogP contribution in [0.5, 0.6) is 0 Å². The standard InChI is InChI=1S/C12H17N3O3/c16-11(8-3-1-2-4-8)15-10(12(17)18)5-9-6-13-7-14-9/h6-8,10H,1-5H2,(H,13,14)(H,15,16)(H,17,18). The smallest absolute Gasteiger partial charge is 0.326 e. The first-order valence-corrected chi connectivity index (χ1v) is 6.17. The molecule has 1 atom stereocenters. The van der Waals surface area contributed by atoms with E-state index in [2.05, 4.69) is 15.3 Å². The molecule has 0 aliphatic heterocycles. The van der Waals surface area contributed by atoms with Crippen molar-refractivity contribution < 1.29 is 14.7 Å². The zero-order valence-electron chi connectivity index (χ0n) is 10.1. The van der Waals surface area contributed by atoms with Gasteiger partial charge in [0, 0.05) is 24.2 Å². The maximum Gasteiger partial charge on any atom is 0.326 e. The number of rotatable bonds is 5. The lowest BCUT2D eigenvalue weighted by molar-refractivity contribution is -0.142. The molecule has 3 N–H and O–H groups in total. The number of carbonyl (C=O) groups excluding carboxylic acids is 1. The first kappa shape index (κ1) is 12.6. The lowest BCUT2D eigenvalue weighted by atomic mass is 10.1. The Balaban J connectivity index is 1.93. The van der Waals surface area contributed by atoms with Gasteiger partial charge < -0.3 is 15.4 Å². The summed E-state index contributed by atoms with van der Waals surface area (Å²) in [7, 11) is 0. The van der Waals surface area contributed by atoms with E-state index in [0.29, 0.717) is 5.69 Å². The molecule has 1 aliphatic carbocycles. The third kappa shape index (κ3) is 3.09. The van der Waals surface area contributed by atoms with Crippen molar-refractivity contribution in [3.8, 4) is 0 Å². The average Bonchev–Trinajstić information content (AvgIpc) is 3.00. The van der Waals surface area contributed by atoms with E-state index in [0.717, 1.165) is 25.7 Å². The van der Waals surface area contributed by atoms with E-state index in [-0.39, 0.29) is 18.2 Å². The minimum atomic E-state index is -1.02. The van der Waals surface area contributed by atoms with Crippen molar-refractivity contribution in [3.63, 3.8) is 0 Å². The van der Waals surface area contributed by atoms with Gasteiger partial charge in [-0.1, -0.05) is 12.8 Å². The molecule has 98 valence electrons. The number of imidazole rings is 1. The topological polar surface area (TPSA) is 95.1 Å². The number of carboxylic acids is 1. The van der Waals surface area contributed by atoms with Crippen LogP contribution in [-0.2, 0) is 16.0 Å². The summed E-state index contributed by atoms with van der Waals surface area (Å²) in [6.07, 6.45) is 7.12. The molecule has 1 amide bonds. The van der Waals surface area contributed by atoms with Gasteiger partial charge in [-0.15, -0.1) is 0 Å². The minimum absolute atomic E-state index is 0.0198. The van der Waals surface area contributed by atoms with Crippen molar-refractivity contribution in [1.29, 1.82) is 0 Å². The number of nitrogens with one attached hydrogen (secondary N) is 2. The Morgan fingerprint density at radius 2 is 2.22 bits per heavy atom. The number of aromatic nitrogens is 2. The fraction of sp³-hybridized carbons (Fsp3) is 0.583. The number of aliphatic carboxylic acids is 1. The number of H-pyrrole nitrogens is 1. The maximum absolute atomic E-state index is 11.9. The number of carbonyl (C=O) groups is 2. The predicted molar refractivity (Wildman–Crippen MR) is 63.8 cm³/mol. The summed E-state index contributed by atoms with van der Waals surface area (Å²) in [4.78, 5) is 29.7. The molecule has 6 heteroatoms. The average molecular weight is 251 g/mol. The Morgan fingerprint density at radius 3 is 2.78 bits per heavy atom. The number of nitrogens with zero attached hydrogens (tertiary/aromatic N) is 1. The highest BCUT2D eigenvalue weighted by Gasteiger charge is 2.27. The summed E-state index contributed by atoms with van der Waals surface area (Å²) >= 11 is 0. The van der Waals surface area contributed by atoms with Gasteiger partial charge in [0.25, 0.3) is 0 Å². The second-order valence-corrected chi connectivity index (χ2v) is 4.66. The van der Waals surface area contributed by atoms with Gasteiger partial charge in [-0.2, -0.15) is 0 Å². The molecular weight excluding hydrogens is 234 g/mol. The fourth-order valence-corrected chi connectivity index (χ4v) is 2.29. The monoisotopic (exact) mass is 251 g/mol. The Morgan fingerprint density at radius 1 is 1.50 bits per heavy atom. The first-order chi connectivity index (χ1) is 8.66. The van der Waals surface area contributed by atoms with Crippen LogP contribution < -0.4 is 5.32 Å². The molecule has 1 saturated carbocycles. The predicted octanol–water partition coefficient (Wildman–Crippen LogP) is 0.712. The van der Waals surface area contributed by atoms with Crippen LogP contribution in [0.25, 0.3) is 0 Å². The van der Waals surface area contributed by atoms with Crippen molar-refractivity contribution in [2.45, 2.75) is 38.1 Å². The van der Waals surface area contributed by atoms with Gasteiger partial charge in [-0.05, 0) is 12.8 Å². The third-order valence-electron chi connectivity index (χ3n) is 3.32. The van der Waals surface area contributed by atoms with Crippen LogP contribution in [0.15, 0.2) is 12.5 Å². The minimum Gasteiger partial charge on any atom is -0.480 e. The van der Waals surface area contributed by atoms with E-state index < -0.39 is 12.0 Å². The SMILES string of the molecule is O=C(NC(Cc1cnc[nH]1)C(=O)O)C1CCCC1. The van der Waals surface area contributed by atoms with Gasteiger partial charge >= 0.3 is 5.97 Å². The van der Waals surface area contributed by atoms with Crippen LogP contribution in [0.4, 0.5) is 0 Å². The number of carboxylic acid groups (broad SMARTS) is 1. The van der Waals surface area contributed by atoms with Crippen LogP contribution >= 0.6 is 0 Å². The summed E-state index contributed by atoms with van der Waals surface area (Å²) in [5.74, 6) is -1.18. The van der Waals surface area contributed by atoms with E-state index >= 15 is 0 Å². The zero-order chi connectivity index (χ0) is 13.0. The number of aromatic amines is 1. The number of hydrogen-bond acceptors (Lipinski definition) is 3. The van der Waals surface area contributed by atoms with Crippen molar-refractivity contribution in [2.75, 3.05) is 0 Å². The molecule has 2 rings (SSSR count). The number of amides is 1. The molecule has 6 nitrogen and oxygen atoms in total. The van der Waals surface area contributed by atoms with E-state index in [9.17, 15) is 9.59 Å². The highest BCUT2D eigenvalue weighted by molar-refractivity contribution is 5.85. The summed E-state index contributed by atoms with van der Waals surface area (Å²) in [6.45, 7) is 0. The molecule has 18 heavy (non-hydrogen) atoms. The molecule has 0 saturated heterocycles. The normalized spacial score (nSPS) is 17.6. The Bertz CT molecular complexity index is 410. The van der Waals surface area contributed by atoms with E-state index in [4.69, 9.17) is 5.11 Å². The van der Waals surface area contributed by atoms with E-state index in [1.807, 2.05) is 0 Å². The van der Waals surface area contributed by atoms with Gasteiger partial charge in [-0.3, -0.25) is 4.79 Å². The molecule has 1 aromatic rings. The Labute approximate surface area is 105 Å². The number of hydrogen-bond donors (Lipinski definition) is 3. The molecule has 0 radical (unpaired) electrons. The molecular formula is C12H17N3O3. The highest BCUT2D eigenvalue weighted by atomic mass is 16.4. The molecule has 0 bridgehead atoms. The van der Waals surface area contributed by atoms with Gasteiger partial charge in [0.1, 0.15) is 6.04 Å². The largest absolute Gasteiger partial charge is 0.480 e. The van der Waals surface area contributed by atoms with Crippen LogP contribution in [0.2, 0.25) is 0 Å². The zero-order valence-corrected chi connectivity index (χ0v) is 10.1. The fourth-order valence-electron chi connectivity index (χ4n) is 2.29. The van der Waals surface area contributed by atoms with Crippen LogP contribution in [0.3, 0.4) is 0 Å². The molecule has 1 unspecified atom stereocenters. The highest BCUT2D eigenvalue weighted by Crippen LogP contribution is 2.24. The molecule has 0 aromatic carbocycles. The van der Waals surface area contributed by atoms with Crippen LogP contribution in [0, 0.1) is 5.92 Å². The molecule has 1 aliphatic rings. The lowest BCUT2D eigenvalue weighted by Crippen LogP contribution is -2.44. The van der Waals surface area contributed by atoms with Crippen molar-refractivity contribution in [1.82, 2.24) is 15.3 Å². The van der Waals surface area contributed by atoms with Gasteiger partial charge in [0.15, 0.2) is 0 Å². The van der Waals surface area contributed by atoms with Crippen LogP contribution in [0.1, 0.15) is 31.4 Å². The second-order valence-electron chi connectivity index (χ2n) is 4.66. The van der Waals surface area contributed by atoms with Gasteiger partial charge in [0.05, 0.1) is 6.33 Å². The molecule has 1 fully saturated rings. The lowest BCUT2D eigenvalue weighted by Gasteiger charge is -2.16. The van der Waals surface area contributed by atoms with Gasteiger partial charge in [-0.25, -0.2) is 9.78 Å². The molecule has 1 heterocycles. The summed E-state index contributed by atoms with van der Waals surface area (Å²) in [5, 5.41) is 11.7. The second kappa shape index (κ2) is 5.66. The van der Waals surface area contributed by atoms with E-state index in [1.54, 1.807) is 6.20 Å². The maximum atomic E-state index is 11.9. The van der Waals surface area contributed by atoms with Crippen molar-refractivity contribution in [2.24, 2.45) is 5.92 Å². The van der Waals surface area contributed by atoms with Gasteiger partial charge in [0.2, 0.25) is 5.91 Å².